The highest BCUT2D eigenvalue weighted by Crippen LogP contribution is 2.31. The van der Waals surface area contributed by atoms with E-state index in [0.717, 1.165) is 13.0 Å². The largest absolute Gasteiger partial charge is 0.384 e. The standard InChI is InChI=1S/C17H19BrO/c1-13-4-3-5-16(12-13)17(18)15-8-6-14(7-9-15)10-11-19-2/h3-9,12,17H,10-11H2,1-2H3. The molecule has 2 aromatic rings. The molecule has 0 spiro atoms. The van der Waals surface area contributed by atoms with Gasteiger partial charge in [-0.15, -0.1) is 0 Å². The molecule has 0 aliphatic heterocycles. The maximum absolute atomic E-state index is 5.10. The van der Waals surface area contributed by atoms with E-state index in [2.05, 4.69) is 71.4 Å². The van der Waals surface area contributed by atoms with Gasteiger partial charge in [0, 0.05) is 7.11 Å². The Balaban J connectivity index is 2.13. The molecule has 0 saturated heterocycles. The van der Waals surface area contributed by atoms with Crippen LogP contribution in [0.1, 0.15) is 27.1 Å². The lowest BCUT2D eigenvalue weighted by atomic mass is 10.0. The van der Waals surface area contributed by atoms with Crippen LogP contribution < -0.4 is 0 Å². The Kier molecular flexibility index (Phi) is 5.17. The summed E-state index contributed by atoms with van der Waals surface area (Å²) in [6.45, 7) is 2.89. The Labute approximate surface area is 123 Å². The Hall–Kier alpha value is -1.12. The maximum Gasteiger partial charge on any atom is 0.0644 e. The molecule has 0 heterocycles. The van der Waals surface area contributed by atoms with E-state index in [9.17, 15) is 0 Å². The minimum Gasteiger partial charge on any atom is -0.384 e. The third kappa shape index (κ3) is 3.92. The van der Waals surface area contributed by atoms with Crippen molar-refractivity contribution < 1.29 is 4.74 Å². The van der Waals surface area contributed by atoms with E-state index in [-0.39, 0.29) is 4.83 Å². The van der Waals surface area contributed by atoms with Crippen molar-refractivity contribution in [3.63, 3.8) is 0 Å². The summed E-state index contributed by atoms with van der Waals surface area (Å²) in [5.41, 5.74) is 5.18. The molecular formula is C17H19BrO. The van der Waals surface area contributed by atoms with Crippen molar-refractivity contribution in [1.82, 2.24) is 0 Å². The number of aryl methyl sites for hydroxylation is 1. The van der Waals surface area contributed by atoms with E-state index in [1.54, 1.807) is 7.11 Å². The lowest BCUT2D eigenvalue weighted by Crippen LogP contribution is -1.96. The van der Waals surface area contributed by atoms with Crippen molar-refractivity contribution in [2.24, 2.45) is 0 Å². The van der Waals surface area contributed by atoms with Crippen molar-refractivity contribution in [3.8, 4) is 0 Å². The lowest BCUT2D eigenvalue weighted by molar-refractivity contribution is 0.202. The Morgan fingerprint density at radius 1 is 1.05 bits per heavy atom. The summed E-state index contributed by atoms with van der Waals surface area (Å²) < 4.78 is 5.10. The summed E-state index contributed by atoms with van der Waals surface area (Å²) in [6.07, 6.45) is 0.966. The van der Waals surface area contributed by atoms with Crippen molar-refractivity contribution in [2.75, 3.05) is 13.7 Å². The van der Waals surface area contributed by atoms with Crippen molar-refractivity contribution in [2.45, 2.75) is 18.2 Å². The highest BCUT2D eigenvalue weighted by atomic mass is 79.9. The number of benzene rings is 2. The van der Waals surface area contributed by atoms with Crippen molar-refractivity contribution >= 4 is 15.9 Å². The molecule has 0 bridgehead atoms. The fraction of sp³-hybridized carbons (Fsp3) is 0.294. The average Bonchev–Trinajstić information content (AvgIpc) is 2.45. The van der Waals surface area contributed by atoms with Gasteiger partial charge in [-0.2, -0.15) is 0 Å². The van der Waals surface area contributed by atoms with Crippen LogP contribution in [0, 0.1) is 6.92 Å². The predicted octanol–water partition coefficient (Wildman–Crippen LogP) is 4.67. The summed E-state index contributed by atoms with van der Waals surface area (Å²) in [5.74, 6) is 0. The number of halogens is 1. The van der Waals surface area contributed by atoms with Crippen LogP contribution in [0.5, 0.6) is 0 Å². The number of methoxy groups -OCH3 is 1. The van der Waals surface area contributed by atoms with Gasteiger partial charge in [0.05, 0.1) is 11.4 Å². The third-order valence-corrected chi connectivity index (χ3v) is 4.26. The van der Waals surface area contributed by atoms with Gasteiger partial charge in [-0.1, -0.05) is 70.0 Å². The van der Waals surface area contributed by atoms with Crippen LogP contribution >= 0.6 is 15.9 Å². The molecule has 0 N–H and O–H groups in total. The smallest absolute Gasteiger partial charge is 0.0644 e. The molecule has 0 aromatic heterocycles. The molecule has 100 valence electrons. The first kappa shape index (κ1) is 14.3. The van der Waals surface area contributed by atoms with Gasteiger partial charge < -0.3 is 4.74 Å². The molecule has 1 unspecified atom stereocenters. The quantitative estimate of drug-likeness (QED) is 0.728. The summed E-state index contributed by atoms with van der Waals surface area (Å²) in [6, 6.07) is 17.3. The highest BCUT2D eigenvalue weighted by molar-refractivity contribution is 9.09. The zero-order chi connectivity index (χ0) is 13.7. The fourth-order valence-corrected chi connectivity index (χ4v) is 2.68. The minimum atomic E-state index is 0.254. The van der Waals surface area contributed by atoms with E-state index in [1.165, 1.54) is 22.3 Å². The molecule has 2 aromatic carbocycles. The summed E-state index contributed by atoms with van der Waals surface area (Å²) in [5, 5.41) is 0. The van der Waals surface area contributed by atoms with Crippen LogP contribution in [-0.4, -0.2) is 13.7 Å². The lowest BCUT2D eigenvalue weighted by Gasteiger charge is -2.12. The second-order valence-corrected chi connectivity index (χ2v) is 5.68. The average molecular weight is 319 g/mol. The van der Waals surface area contributed by atoms with Crippen LogP contribution in [0.25, 0.3) is 0 Å². The zero-order valence-electron chi connectivity index (χ0n) is 11.4. The molecule has 2 rings (SSSR count). The van der Waals surface area contributed by atoms with E-state index in [4.69, 9.17) is 4.74 Å². The fourth-order valence-electron chi connectivity index (χ4n) is 2.09. The van der Waals surface area contributed by atoms with Crippen LogP contribution in [0.3, 0.4) is 0 Å². The van der Waals surface area contributed by atoms with E-state index in [0.29, 0.717) is 0 Å². The molecule has 1 atom stereocenters. The van der Waals surface area contributed by atoms with Gasteiger partial charge in [0.1, 0.15) is 0 Å². The topological polar surface area (TPSA) is 9.23 Å². The maximum atomic E-state index is 5.10. The van der Waals surface area contributed by atoms with E-state index in [1.807, 2.05) is 0 Å². The first-order chi connectivity index (χ1) is 9.20. The molecule has 19 heavy (non-hydrogen) atoms. The van der Waals surface area contributed by atoms with Crippen molar-refractivity contribution in [1.29, 1.82) is 0 Å². The molecule has 0 aliphatic carbocycles. The zero-order valence-corrected chi connectivity index (χ0v) is 13.0. The first-order valence-electron chi connectivity index (χ1n) is 6.49. The van der Waals surface area contributed by atoms with Gasteiger partial charge in [0.25, 0.3) is 0 Å². The van der Waals surface area contributed by atoms with Crippen molar-refractivity contribution in [3.05, 3.63) is 70.8 Å². The number of rotatable bonds is 5. The molecule has 0 saturated carbocycles. The Morgan fingerprint density at radius 3 is 2.42 bits per heavy atom. The normalized spacial score (nSPS) is 12.4. The number of hydrogen-bond acceptors (Lipinski definition) is 1. The molecule has 2 heteroatoms. The number of hydrogen-bond donors (Lipinski definition) is 0. The number of ether oxygens (including phenoxy) is 1. The highest BCUT2D eigenvalue weighted by Gasteiger charge is 2.10. The minimum absolute atomic E-state index is 0.254. The van der Waals surface area contributed by atoms with Gasteiger partial charge in [-0.3, -0.25) is 0 Å². The van der Waals surface area contributed by atoms with Gasteiger partial charge in [0.2, 0.25) is 0 Å². The van der Waals surface area contributed by atoms with Crippen LogP contribution in [0.2, 0.25) is 0 Å². The monoisotopic (exact) mass is 318 g/mol. The summed E-state index contributed by atoms with van der Waals surface area (Å²) in [4.78, 5) is 0.254. The van der Waals surface area contributed by atoms with Crippen LogP contribution in [-0.2, 0) is 11.2 Å². The van der Waals surface area contributed by atoms with Gasteiger partial charge in [-0.25, -0.2) is 0 Å². The SMILES string of the molecule is COCCc1ccc(C(Br)c2cccc(C)c2)cc1. The van der Waals surface area contributed by atoms with Gasteiger partial charge in [-0.05, 0) is 30.0 Å². The molecule has 0 aliphatic rings. The first-order valence-corrected chi connectivity index (χ1v) is 7.40. The molecule has 0 amide bonds. The Morgan fingerprint density at radius 2 is 1.79 bits per heavy atom. The molecule has 0 radical (unpaired) electrons. The summed E-state index contributed by atoms with van der Waals surface area (Å²) in [7, 11) is 1.74. The van der Waals surface area contributed by atoms with Gasteiger partial charge >= 0.3 is 0 Å². The van der Waals surface area contributed by atoms with E-state index >= 15 is 0 Å². The van der Waals surface area contributed by atoms with Gasteiger partial charge in [0.15, 0.2) is 0 Å². The second kappa shape index (κ2) is 6.88. The number of alkyl halides is 1. The molecular weight excluding hydrogens is 300 g/mol. The van der Waals surface area contributed by atoms with Crippen LogP contribution in [0.4, 0.5) is 0 Å². The van der Waals surface area contributed by atoms with E-state index < -0.39 is 0 Å². The summed E-state index contributed by atoms with van der Waals surface area (Å²) >= 11 is 3.78. The second-order valence-electron chi connectivity index (χ2n) is 4.76. The van der Waals surface area contributed by atoms with Crippen LogP contribution in [0.15, 0.2) is 48.5 Å². The molecule has 0 fully saturated rings. The Bertz CT molecular complexity index is 519. The predicted molar refractivity (Wildman–Crippen MR) is 84.0 cm³/mol. The molecule has 1 nitrogen and oxygen atoms in total. The third-order valence-electron chi connectivity index (χ3n) is 3.20.